The molecule has 7 heteroatoms. The number of para-hydroxylation sites is 2. The molecular weight excluding hydrogens is 454 g/mol. The van der Waals surface area contributed by atoms with Crippen LogP contribution in [0.2, 0.25) is 0 Å². The Morgan fingerprint density at radius 1 is 0.806 bits per heavy atom. The van der Waals surface area contributed by atoms with Crippen LogP contribution in [0.3, 0.4) is 0 Å². The van der Waals surface area contributed by atoms with E-state index in [0.29, 0.717) is 26.2 Å². The first-order valence-corrected chi connectivity index (χ1v) is 12.8. The highest BCUT2D eigenvalue weighted by molar-refractivity contribution is 5.69. The molecule has 0 bridgehead atoms. The van der Waals surface area contributed by atoms with E-state index in [1.54, 1.807) is 17.0 Å². The summed E-state index contributed by atoms with van der Waals surface area (Å²) in [6, 6.07) is 17.5. The van der Waals surface area contributed by atoms with Crippen LogP contribution in [0.4, 0.5) is 10.5 Å². The summed E-state index contributed by atoms with van der Waals surface area (Å²) in [7, 11) is 3.19. The predicted octanol–water partition coefficient (Wildman–Crippen LogP) is 5.15. The molecule has 2 aromatic rings. The lowest BCUT2D eigenvalue weighted by atomic mass is 10.1. The number of likely N-dealkylation sites (tertiary alicyclic amines) is 1. The van der Waals surface area contributed by atoms with Crippen LogP contribution in [0.5, 0.6) is 5.75 Å². The number of hydrogen-bond donors (Lipinski definition) is 2. The number of carbonyl (C=O) groups is 1. The fourth-order valence-electron chi connectivity index (χ4n) is 3.77. The summed E-state index contributed by atoms with van der Waals surface area (Å²) < 4.78 is 5.36. The standard InChI is InChI=1S/C15H22N2O3.C7H8.C6H13N.CH4O/c1-15(2,3)20-14(19)17-10-8-16(9-11-17)12-6-4-5-7-13(12)18;2*1-7-5-3-2-4-6-7;1-2/h4-7,18H,8-11H2,1-3H3;2-6H,1H3;2-6H2,1H3;2H,1H3. The van der Waals surface area contributed by atoms with Gasteiger partial charge in [-0.2, -0.15) is 0 Å². The molecule has 2 heterocycles. The molecule has 0 saturated carbocycles. The molecule has 2 N–H and O–H groups in total. The molecule has 0 aromatic heterocycles. The van der Waals surface area contributed by atoms with Crippen molar-refractivity contribution in [3.8, 4) is 5.75 Å². The maximum Gasteiger partial charge on any atom is 0.410 e. The van der Waals surface area contributed by atoms with Gasteiger partial charge in [-0.1, -0.05) is 54.4 Å². The van der Waals surface area contributed by atoms with Crippen LogP contribution in [0, 0.1) is 6.92 Å². The molecule has 0 radical (unpaired) electrons. The molecule has 2 aliphatic heterocycles. The van der Waals surface area contributed by atoms with Crippen LogP contribution < -0.4 is 4.90 Å². The molecule has 0 spiro atoms. The number of aliphatic hydroxyl groups is 1. The van der Waals surface area contributed by atoms with E-state index in [2.05, 4.69) is 35.9 Å². The van der Waals surface area contributed by atoms with Gasteiger partial charge in [0.2, 0.25) is 0 Å². The van der Waals surface area contributed by atoms with Crippen molar-refractivity contribution in [1.82, 2.24) is 9.80 Å². The number of anilines is 1. The first kappa shape index (κ1) is 31.3. The monoisotopic (exact) mass is 501 g/mol. The molecule has 2 aromatic carbocycles. The van der Waals surface area contributed by atoms with Gasteiger partial charge in [0.15, 0.2) is 0 Å². The number of ether oxygens (including phenoxy) is 1. The van der Waals surface area contributed by atoms with E-state index in [1.165, 1.54) is 37.9 Å². The molecule has 36 heavy (non-hydrogen) atoms. The number of piperidine rings is 1. The molecule has 2 saturated heterocycles. The minimum Gasteiger partial charge on any atom is -0.506 e. The van der Waals surface area contributed by atoms with Crippen LogP contribution in [-0.4, -0.2) is 85.1 Å². The van der Waals surface area contributed by atoms with Crippen LogP contribution in [0.15, 0.2) is 54.6 Å². The Kier molecular flexibility index (Phi) is 14.6. The average Bonchev–Trinajstić information content (AvgIpc) is 2.86. The lowest BCUT2D eigenvalue weighted by Gasteiger charge is -2.36. The Balaban J connectivity index is 0.000000328. The van der Waals surface area contributed by atoms with Crippen molar-refractivity contribution in [3.05, 3.63) is 60.2 Å². The molecule has 2 fully saturated rings. The van der Waals surface area contributed by atoms with Gasteiger partial charge in [0.1, 0.15) is 11.4 Å². The van der Waals surface area contributed by atoms with Gasteiger partial charge in [0, 0.05) is 33.3 Å². The van der Waals surface area contributed by atoms with Crippen molar-refractivity contribution in [2.24, 2.45) is 0 Å². The molecule has 202 valence electrons. The number of rotatable bonds is 1. The second-order valence-electron chi connectivity index (χ2n) is 9.96. The largest absolute Gasteiger partial charge is 0.506 e. The number of phenols is 1. The summed E-state index contributed by atoms with van der Waals surface area (Å²) in [5.41, 5.74) is 1.67. The lowest BCUT2D eigenvalue weighted by molar-refractivity contribution is 0.0240. The smallest absolute Gasteiger partial charge is 0.410 e. The van der Waals surface area contributed by atoms with Crippen molar-refractivity contribution in [2.45, 2.75) is 52.6 Å². The third-order valence-electron chi connectivity index (χ3n) is 5.67. The van der Waals surface area contributed by atoms with E-state index in [-0.39, 0.29) is 11.8 Å². The van der Waals surface area contributed by atoms with Gasteiger partial charge in [-0.3, -0.25) is 0 Å². The summed E-state index contributed by atoms with van der Waals surface area (Å²) in [6.07, 6.45) is 4.01. The SMILES string of the molecule is CC(C)(C)OC(=O)N1CCN(c2ccccc2O)CC1.CN1CCCCC1.CO.Cc1ccccc1. The minimum atomic E-state index is -0.466. The summed E-state index contributed by atoms with van der Waals surface area (Å²) in [6.45, 7) is 12.9. The average molecular weight is 502 g/mol. The highest BCUT2D eigenvalue weighted by Crippen LogP contribution is 2.27. The molecule has 4 rings (SSSR count). The highest BCUT2D eigenvalue weighted by Gasteiger charge is 2.26. The van der Waals surface area contributed by atoms with Crippen LogP contribution in [0.1, 0.15) is 45.6 Å². The number of amides is 1. The number of carbonyl (C=O) groups excluding carboxylic acids is 1. The number of aromatic hydroxyl groups is 1. The summed E-state index contributed by atoms with van der Waals surface area (Å²) >= 11 is 0. The van der Waals surface area contributed by atoms with Gasteiger partial charge in [-0.15, -0.1) is 0 Å². The number of phenolic OH excluding ortho intramolecular Hbond substituents is 1. The molecule has 2 aliphatic rings. The Morgan fingerprint density at radius 2 is 1.33 bits per heavy atom. The van der Waals surface area contributed by atoms with Gasteiger partial charge < -0.3 is 29.6 Å². The number of nitrogens with zero attached hydrogens (tertiary/aromatic N) is 3. The van der Waals surface area contributed by atoms with E-state index in [9.17, 15) is 9.90 Å². The zero-order chi connectivity index (χ0) is 27.0. The fourth-order valence-corrected chi connectivity index (χ4v) is 3.77. The number of hydrogen-bond acceptors (Lipinski definition) is 6. The Bertz CT molecular complexity index is 841. The van der Waals surface area contributed by atoms with Gasteiger partial charge in [0.05, 0.1) is 5.69 Å². The zero-order valence-corrected chi connectivity index (χ0v) is 23.1. The van der Waals surface area contributed by atoms with Crippen molar-refractivity contribution in [1.29, 1.82) is 0 Å². The van der Waals surface area contributed by atoms with Crippen LogP contribution in [0.25, 0.3) is 0 Å². The van der Waals surface area contributed by atoms with Gasteiger partial charge in [-0.05, 0) is 72.8 Å². The maximum atomic E-state index is 12.0. The second-order valence-corrected chi connectivity index (χ2v) is 9.96. The molecule has 0 aliphatic carbocycles. The number of benzene rings is 2. The van der Waals surface area contributed by atoms with Gasteiger partial charge in [0.25, 0.3) is 0 Å². The quantitative estimate of drug-likeness (QED) is 0.563. The molecule has 0 unspecified atom stereocenters. The maximum absolute atomic E-state index is 12.0. The van der Waals surface area contributed by atoms with Crippen LogP contribution in [-0.2, 0) is 4.74 Å². The highest BCUT2D eigenvalue weighted by atomic mass is 16.6. The van der Waals surface area contributed by atoms with E-state index in [1.807, 2.05) is 51.1 Å². The Labute approximate surface area is 218 Å². The number of piperazine rings is 1. The van der Waals surface area contributed by atoms with Gasteiger partial charge in [-0.25, -0.2) is 4.79 Å². The van der Waals surface area contributed by atoms with E-state index >= 15 is 0 Å². The molecular formula is C29H47N3O4. The second kappa shape index (κ2) is 16.8. The summed E-state index contributed by atoms with van der Waals surface area (Å²) in [5, 5.41) is 16.8. The Morgan fingerprint density at radius 3 is 1.75 bits per heavy atom. The third-order valence-corrected chi connectivity index (χ3v) is 5.67. The number of aryl methyl sites for hydroxylation is 1. The number of aliphatic hydroxyl groups excluding tert-OH is 1. The van der Waals surface area contributed by atoms with Crippen molar-refractivity contribution >= 4 is 11.8 Å². The lowest BCUT2D eigenvalue weighted by Crippen LogP contribution is -2.50. The first-order chi connectivity index (χ1) is 17.2. The summed E-state index contributed by atoms with van der Waals surface area (Å²) in [5.74, 6) is 0.276. The summed E-state index contributed by atoms with van der Waals surface area (Å²) in [4.78, 5) is 18.1. The van der Waals surface area contributed by atoms with Crippen molar-refractivity contribution in [2.75, 3.05) is 58.3 Å². The first-order valence-electron chi connectivity index (χ1n) is 12.8. The van der Waals surface area contributed by atoms with E-state index < -0.39 is 5.60 Å². The molecule has 7 nitrogen and oxygen atoms in total. The van der Waals surface area contributed by atoms with E-state index in [4.69, 9.17) is 9.84 Å². The third kappa shape index (κ3) is 12.8. The zero-order valence-electron chi connectivity index (χ0n) is 23.1. The Hall–Kier alpha value is -2.77. The van der Waals surface area contributed by atoms with Crippen LogP contribution >= 0.6 is 0 Å². The van der Waals surface area contributed by atoms with Gasteiger partial charge >= 0.3 is 6.09 Å². The topological polar surface area (TPSA) is 76.5 Å². The molecule has 0 atom stereocenters. The normalized spacial score (nSPS) is 15.8. The minimum absolute atomic E-state index is 0.269. The predicted molar refractivity (Wildman–Crippen MR) is 149 cm³/mol. The van der Waals surface area contributed by atoms with Crippen molar-refractivity contribution in [3.63, 3.8) is 0 Å². The van der Waals surface area contributed by atoms with E-state index in [0.717, 1.165) is 12.8 Å². The molecule has 1 amide bonds. The fraction of sp³-hybridized carbons (Fsp3) is 0.552. The van der Waals surface area contributed by atoms with Crippen molar-refractivity contribution < 1.29 is 19.7 Å².